The number of para-hydroxylation sites is 2. The predicted octanol–water partition coefficient (Wildman–Crippen LogP) is 5.29. The number of nitrogens with zero attached hydrogens (tertiary/aromatic N) is 4. The van der Waals surface area contributed by atoms with Crippen molar-refractivity contribution >= 4 is 23.1 Å². The summed E-state index contributed by atoms with van der Waals surface area (Å²) in [5.41, 5.74) is 2.75. The summed E-state index contributed by atoms with van der Waals surface area (Å²) in [6.07, 6.45) is 0.635. The summed E-state index contributed by atoms with van der Waals surface area (Å²) >= 11 is 1.19. The lowest BCUT2D eigenvalue weighted by atomic mass is 10.1. The minimum absolute atomic E-state index is 0.0337. The van der Waals surface area contributed by atoms with Crippen LogP contribution in [0.4, 0.5) is 5.69 Å². The number of carbonyl (C=O) groups excluding carboxylic acids is 1. The Kier molecular flexibility index (Phi) is 8.04. The molecule has 1 aliphatic heterocycles. The van der Waals surface area contributed by atoms with Crippen LogP contribution in [0.3, 0.4) is 0 Å². The monoisotopic (exact) mass is 530 g/mol. The van der Waals surface area contributed by atoms with E-state index in [2.05, 4.69) is 20.3 Å². The molecule has 1 aromatic heterocycles. The number of hydrogen-bond donors (Lipinski definition) is 0. The fourth-order valence-electron chi connectivity index (χ4n) is 4.44. The van der Waals surface area contributed by atoms with Gasteiger partial charge in [0, 0.05) is 49.7 Å². The molecule has 0 saturated carbocycles. The third kappa shape index (κ3) is 5.89. The van der Waals surface area contributed by atoms with Crippen molar-refractivity contribution in [1.29, 1.82) is 0 Å². The summed E-state index contributed by atoms with van der Waals surface area (Å²) in [6.45, 7) is 5.30. The molecule has 0 N–H and O–H groups in total. The maximum Gasteiger partial charge on any atom is 0.298 e. The van der Waals surface area contributed by atoms with E-state index in [4.69, 9.17) is 14.2 Å². The molecule has 1 saturated heterocycles. The Balaban J connectivity index is 1.22. The van der Waals surface area contributed by atoms with E-state index in [-0.39, 0.29) is 5.91 Å². The van der Waals surface area contributed by atoms with E-state index in [1.54, 1.807) is 25.3 Å². The van der Waals surface area contributed by atoms with Crippen LogP contribution in [0.15, 0.2) is 72.8 Å². The predicted molar refractivity (Wildman–Crippen MR) is 148 cm³/mol. The molecular weight excluding hydrogens is 500 g/mol. The molecule has 196 valence electrons. The van der Waals surface area contributed by atoms with Crippen molar-refractivity contribution in [2.24, 2.45) is 0 Å². The lowest BCUT2D eigenvalue weighted by molar-refractivity contribution is 0.0746. The molecule has 1 amide bonds. The molecular formula is C29H30N4O4S. The lowest BCUT2D eigenvalue weighted by Crippen LogP contribution is -2.48. The van der Waals surface area contributed by atoms with Crippen molar-refractivity contribution in [3.63, 3.8) is 0 Å². The SMILES string of the molecule is CCOc1ccccc1N1CCN(C(=O)c2ccc(Oc3nc(Cc4ccccc4)ns3)c(OC)c2)CC1. The van der Waals surface area contributed by atoms with Crippen LogP contribution in [0.2, 0.25) is 0 Å². The van der Waals surface area contributed by atoms with Gasteiger partial charge in [-0.1, -0.05) is 42.5 Å². The normalized spacial score (nSPS) is 13.3. The molecule has 9 heteroatoms. The van der Waals surface area contributed by atoms with Gasteiger partial charge in [-0.05, 0) is 42.8 Å². The molecule has 0 bridgehead atoms. The average Bonchev–Trinajstić information content (AvgIpc) is 3.40. The fraction of sp³-hybridized carbons (Fsp3) is 0.276. The molecule has 4 aromatic rings. The first-order chi connectivity index (χ1) is 18.6. The number of amides is 1. The number of aromatic nitrogens is 2. The van der Waals surface area contributed by atoms with E-state index in [1.807, 2.05) is 60.4 Å². The van der Waals surface area contributed by atoms with Gasteiger partial charge in [0.2, 0.25) is 0 Å². The summed E-state index contributed by atoms with van der Waals surface area (Å²) in [5, 5.41) is 0.428. The summed E-state index contributed by atoms with van der Waals surface area (Å²) in [6, 6.07) is 23.3. The number of benzene rings is 3. The Morgan fingerprint density at radius 2 is 1.68 bits per heavy atom. The minimum atomic E-state index is -0.0337. The highest BCUT2D eigenvalue weighted by Crippen LogP contribution is 2.34. The second-order valence-electron chi connectivity index (χ2n) is 8.79. The van der Waals surface area contributed by atoms with Crippen molar-refractivity contribution in [3.05, 3.63) is 89.7 Å². The van der Waals surface area contributed by atoms with Crippen LogP contribution in [0.1, 0.15) is 28.7 Å². The Morgan fingerprint density at radius 3 is 2.45 bits per heavy atom. The van der Waals surface area contributed by atoms with Crippen LogP contribution < -0.4 is 19.1 Å². The Bertz CT molecular complexity index is 1370. The molecule has 0 atom stereocenters. The number of anilines is 1. The van der Waals surface area contributed by atoms with Crippen LogP contribution in [-0.4, -0.2) is 60.1 Å². The summed E-state index contributed by atoms with van der Waals surface area (Å²) in [4.78, 5) is 21.9. The molecule has 5 rings (SSSR count). The van der Waals surface area contributed by atoms with Gasteiger partial charge in [-0.3, -0.25) is 4.79 Å². The molecule has 3 aromatic carbocycles. The van der Waals surface area contributed by atoms with E-state index in [9.17, 15) is 4.79 Å². The minimum Gasteiger partial charge on any atom is -0.493 e. The van der Waals surface area contributed by atoms with E-state index in [1.165, 1.54) is 11.5 Å². The zero-order chi connectivity index (χ0) is 26.3. The van der Waals surface area contributed by atoms with Crippen LogP contribution in [-0.2, 0) is 6.42 Å². The smallest absolute Gasteiger partial charge is 0.298 e. The highest BCUT2D eigenvalue weighted by Gasteiger charge is 2.25. The first-order valence-corrected chi connectivity index (χ1v) is 13.4. The third-order valence-electron chi connectivity index (χ3n) is 6.34. The van der Waals surface area contributed by atoms with E-state index in [0.717, 1.165) is 30.1 Å². The maximum atomic E-state index is 13.3. The van der Waals surface area contributed by atoms with Gasteiger partial charge in [-0.15, -0.1) is 0 Å². The molecule has 2 heterocycles. The van der Waals surface area contributed by atoms with Crippen molar-refractivity contribution in [3.8, 4) is 22.4 Å². The summed E-state index contributed by atoms with van der Waals surface area (Å²) in [5.74, 6) is 2.50. The molecule has 0 unspecified atom stereocenters. The number of methoxy groups -OCH3 is 1. The summed E-state index contributed by atoms with van der Waals surface area (Å²) in [7, 11) is 1.56. The zero-order valence-electron chi connectivity index (χ0n) is 21.5. The highest BCUT2D eigenvalue weighted by molar-refractivity contribution is 7.07. The van der Waals surface area contributed by atoms with E-state index < -0.39 is 0 Å². The average molecular weight is 531 g/mol. The number of rotatable bonds is 9. The first-order valence-electron chi connectivity index (χ1n) is 12.6. The lowest BCUT2D eigenvalue weighted by Gasteiger charge is -2.36. The van der Waals surface area contributed by atoms with E-state index >= 15 is 0 Å². The Hall–Kier alpha value is -4.11. The van der Waals surface area contributed by atoms with Gasteiger partial charge in [0.15, 0.2) is 17.3 Å². The molecule has 0 aliphatic carbocycles. The second kappa shape index (κ2) is 12.0. The number of carbonyl (C=O) groups is 1. The van der Waals surface area contributed by atoms with Gasteiger partial charge >= 0.3 is 0 Å². The van der Waals surface area contributed by atoms with Crippen LogP contribution >= 0.6 is 11.5 Å². The van der Waals surface area contributed by atoms with Gasteiger partial charge in [-0.25, -0.2) is 0 Å². The fourth-order valence-corrected chi connectivity index (χ4v) is 5.00. The maximum absolute atomic E-state index is 13.3. The largest absolute Gasteiger partial charge is 0.493 e. The molecule has 0 radical (unpaired) electrons. The molecule has 8 nitrogen and oxygen atoms in total. The van der Waals surface area contributed by atoms with Crippen molar-refractivity contribution in [2.75, 3.05) is 44.8 Å². The number of piperazine rings is 1. The quantitative estimate of drug-likeness (QED) is 0.291. The standard InChI is InChI=1S/C29H30N4O4S/c1-3-36-24-12-8-7-11-23(24)32-15-17-33(18-16-32)28(34)22-13-14-25(26(20-22)35-2)37-29-30-27(31-38-29)19-21-9-5-4-6-10-21/h4-14,20H,3,15-19H2,1-2H3. The Labute approximate surface area is 226 Å². The molecule has 1 fully saturated rings. The first kappa shape index (κ1) is 25.5. The third-order valence-corrected chi connectivity index (χ3v) is 6.97. The summed E-state index contributed by atoms with van der Waals surface area (Å²) < 4.78 is 21.7. The topological polar surface area (TPSA) is 77.0 Å². The number of hydrogen-bond acceptors (Lipinski definition) is 8. The molecule has 38 heavy (non-hydrogen) atoms. The van der Waals surface area contributed by atoms with Gasteiger partial charge in [0.25, 0.3) is 11.1 Å². The van der Waals surface area contributed by atoms with Gasteiger partial charge in [-0.2, -0.15) is 9.36 Å². The van der Waals surface area contributed by atoms with Crippen molar-refractivity contribution < 1.29 is 19.0 Å². The van der Waals surface area contributed by atoms with Gasteiger partial charge in [0.05, 0.1) is 19.4 Å². The molecule has 1 aliphatic rings. The van der Waals surface area contributed by atoms with Gasteiger partial charge in [0.1, 0.15) is 5.75 Å². The highest BCUT2D eigenvalue weighted by atomic mass is 32.1. The number of ether oxygens (including phenoxy) is 3. The zero-order valence-corrected chi connectivity index (χ0v) is 22.3. The Morgan fingerprint density at radius 1 is 0.921 bits per heavy atom. The van der Waals surface area contributed by atoms with E-state index in [0.29, 0.717) is 54.2 Å². The molecule has 0 spiro atoms. The van der Waals surface area contributed by atoms with Crippen LogP contribution in [0, 0.1) is 0 Å². The second-order valence-corrected chi connectivity index (χ2v) is 9.50. The van der Waals surface area contributed by atoms with Crippen molar-refractivity contribution in [2.45, 2.75) is 13.3 Å². The van der Waals surface area contributed by atoms with Crippen molar-refractivity contribution in [1.82, 2.24) is 14.3 Å². The van der Waals surface area contributed by atoms with Gasteiger partial charge < -0.3 is 24.0 Å². The van der Waals surface area contributed by atoms with Crippen LogP contribution in [0.25, 0.3) is 0 Å². The van der Waals surface area contributed by atoms with Crippen LogP contribution in [0.5, 0.6) is 22.4 Å².